The van der Waals surface area contributed by atoms with Crippen molar-refractivity contribution in [3.8, 4) is 0 Å². The SMILES string of the molecule is COC(=O)CCCCCCC(C)O. The normalized spacial score (nSPS) is 12.5. The average Bonchev–Trinajstić information content (AvgIpc) is 2.10. The molecule has 0 aliphatic carbocycles. The minimum atomic E-state index is -0.194. The van der Waals surface area contributed by atoms with Gasteiger partial charge in [-0.3, -0.25) is 4.79 Å². The molecule has 0 rings (SSSR count). The number of carbonyl (C=O) groups excluding carboxylic acids is 1. The van der Waals surface area contributed by atoms with Crippen LogP contribution >= 0.6 is 0 Å². The van der Waals surface area contributed by atoms with E-state index in [1.165, 1.54) is 7.11 Å². The average molecular weight is 188 g/mol. The summed E-state index contributed by atoms with van der Waals surface area (Å²) in [6, 6.07) is 0. The van der Waals surface area contributed by atoms with Gasteiger partial charge in [-0.25, -0.2) is 0 Å². The van der Waals surface area contributed by atoms with Gasteiger partial charge in [-0.15, -0.1) is 0 Å². The van der Waals surface area contributed by atoms with Crippen LogP contribution in [-0.2, 0) is 9.53 Å². The molecular formula is C10H20O3. The van der Waals surface area contributed by atoms with E-state index < -0.39 is 0 Å². The molecule has 3 nitrogen and oxygen atoms in total. The summed E-state index contributed by atoms with van der Waals surface area (Å²) in [5.41, 5.74) is 0. The van der Waals surface area contributed by atoms with Gasteiger partial charge in [0.05, 0.1) is 13.2 Å². The smallest absolute Gasteiger partial charge is 0.305 e. The van der Waals surface area contributed by atoms with Crippen LogP contribution in [-0.4, -0.2) is 24.3 Å². The van der Waals surface area contributed by atoms with Gasteiger partial charge in [0.15, 0.2) is 0 Å². The van der Waals surface area contributed by atoms with Crippen molar-refractivity contribution in [1.29, 1.82) is 0 Å². The number of aliphatic hydroxyl groups excluding tert-OH is 1. The van der Waals surface area contributed by atoms with Gasteiger partial charge < -0.3 is 9.84 Å². The van der Waals surface area contributed by atoms with Gasteiger partial charge in [-0.2, -0.15) is 0 Å². The summed E-state index contributed by atoms with van der Waals surface area (Å²) in [5, 5.41) is 8.96. The second-order valence-electron chi connectivity index (χ2n) is 3.38. The van der Waals surface area contributed by atoms with Crippen LogP contribution in [0.15, 0.2) is 0 Å². The fourth-order valence-corrected chi connectivity index (χ4v) is 1.16. The lowest BCUT2D eigenvalue weighted by atomic mass is 10.1. The highest BCUT2D eigenvalue weighted by molar-refractivity contribution is 5.68. The molecule has 0 aromatic heterocycles. The van der Waals surface area contributed by atoms with Gasteiger partial charge in [0, 0.05) is 6.42 Å². The first-order valence-electron chi connectivity index (χ1n) is 4.91. The third-order valence-electron chi connectivity index (χ3n) is 1.98. The van der Waals surface area contributed by atoms with E-state index in [0.717, 1.165) is 32.1 Å². The Hall–Kier alpha value is -0.570. The molecule has 3 heteroatoms. The van der Waals surface area contributed by atoms with Crippen LogP contribution in [0.1, 0.15) is 45.4 Å². The summed E-state index contributed by atoms with van der Waals surface area (Å²) in [5.74, 6) is -0.129. The van der Waals surface area contributed by atoms with Crippen molar-refractivity contribution in [2.45, 2.75) is 51.6 Å². The highest BCUT2D eigenvalue weighted by Crippen LogP contribution is 2.07. The molecule has 0 aromatic carbocycles. The fourth-order valence-electron chi connectivity index (χ4n) is 1.16. The predicted molar refractivity (Wildman–Crippen MR) is 51.4 cm³/mol. The Morgan fingerprint density at radius 2 is 1.92 bits per heavy atom. The van der Waals surface area contributed by atoms with Gasteiger partial charge in [0.2, 0.25) is 0 Å². The van der Waals surface area contributed by atoms with Gasteiger partial charge in [-0.05, 0) is 19.8 Å². The van der Waals surface area contributed by atoms with E-state index in [4.69, 9.17) is 5.11 Å². The summed E-state index contributed by atoms with van der Waals surface area (Å²) < 4.78 is 4.52. The Morgan fingerprint density at radius 3 is 2.46 bits per heavy atom. The summed E-state index contributed by atoms with van der Waals surface area (Å²) in [4.78, 5) is 10.7. The van der Waals surface area contributed by atoms with E-state index in [9.17, 15) is 4.79 Å². The number of esters is 1. The molecule has 0 spiro atoms. The van der Waals surface area contributed by atoms with Crippen molar-refractivity contribution in [2.75, 3.05) is 7.11 Å². The first-order valence-corrected chi connectivity index (χ1v) is 4.91. The van der Waals surface area contributed by atoms with Crippen LogP contribution in [0.5, 0.6) is 0 Å². The highest BCUT2D eigenvalue weighted by atomic mass is 16.5. The van der Waals surface area contributed by atoms with Crippen LogP contribution in [0.2, 0.25) is 0 Å². The van der Waals surface area contributed by atoms with Crippen molar-refractivity contribution in [3.63, 3.8) is 0 Å². The standard InChI is InChI=1S/C10H20O3/c1-9(11)7-5-3-4-6-8-10(12)13-2/h9,11H,3-8H2,1-2H3. The van der Waals surface area contributed by atoms with Gasteiger partial charge in [0.25, 0.3) is 0 Å². The molecule has 0 saturated heterocycles. The van der Waals surface area contributed by atoms with Crippen molar-refractivity contribution >= 4 is 5.97 Å². The Bertz CT molecular complexity index is 132. The quantitative estimate of drug-likeness (QED) is 0.490. The second kappa shape index (κ2) is 8.05. The molecule has 1 atom stereocenters. The Morgan fingerprint density at radius 1 is 1.31 bits per heavy atom. The zero-order valence-electron chi connectivity index (χ0n) is 8.58. The molecule has 0 saturated carbocycles. The van der Waals surface area contributed by atoms with Crippen LogP contribution in [0, 0.1) is 0 Å². The first kappa shape index (κ1) is 12.4. The number of carbonyl (C=O) groups is 1. The maximum absolute atomic E-state index is 10.7. The maximum Gasteiger partial charge on any atom is 0.305 e. The Kier molecular flexibility index (Phi) is 7.69. The predicted octanol–water partition coefficient (Wildman–Crippen LogP) is 1.88. The molecule has 0 aromatic rings. The molecule has 0 aliphatic rings. The fraction of sp³-hybridized carbons (Fsp3) is 0.900. The number of rotatable bonds is 7. The van der Waals surface area contributed by atoms with Crippen molar-refractivity contribution in [2.24, 2.45) is 0 Å². The largest absolute Gasteiger partial charge is 0.469 e. The third kappa shape index (κ3) is 9.34. The van der Waals surface area contributed by atoms with E-state index in [1.54, 1.807) is 6.92 Å². The minimum Gasteiger partial charge on any atom is -0.469 e. The van der Waals surface area contributed by atoms with Crippen LogP contribution < -0.4 is 0 Å². The molecule has 0 radical (unpaired) electrons. The van der Waals surface area contributed by atoms with Crippen molar-refractivity contribution < 1.29 is 14.6 Å². The molecular weight excluding hydrogens is 168 g/mol. The second-order valence-corrected chi connectivity index (χ2v) is 3.38. The van der Waals surface area contributed by atoms with Crippen molar-refractivity contribution in [3.05, 3.63) is 0 Å². The van der Waals surface area contributed by atoms with E-state index in [-0.39, 0.29) is 12.1 Å². The zero-order valence-corrected chi connectivity index (χ0v) is 8.58. The molecule has 1 unspecified atom stereocenters. The summed E-state index contributed by atoms with van der Waals surface area (Å²) >= 11 is 0. The van der Waals surface area contributed by atoms with Gasteiger partial charge >= 0.3 is 5.97 Å². The first-order chi connectivity index (χ1) is 6.16. The molecule has 0 amide bonds. The van der Waals surface area contributed by atoms with E-state index >= 15 is 0 Å². The summed E-state index contributed by atoms with van der Waals surface area (Å²) in [6.45, 7) is 1.80. The van der Waals surface area contributed by atoms with Gasteiger partial charge in [-0.1, -0.05) is 19.3 Å². The summed E-state index contributed by atoms with van der Waals surface area (Å²) in [7, 11) is 1.41. The number of unbranched alkanes of at least 4 members (excludes halogenated alkanes) is 3. The monoisotopic (exact) mass is 188 g/mol. The molecule has 78 valence electrons. The number of hydrogen-bond acceptors (Lipinski definition) is 3. The molecule has 1 N–H and O–H groups in total. The van der Waals surface area contributed by atoms with E-state index in [1.807, 2.05) is 0 Å². The topological polar surface area (TPSA) is 46.5 Å². The lowest BCUT2D eigenvalue weighted by molar-refractivity contribution is -0.140. The summed E-state index contributed by atoms with van der Waals surface area (Å²) in [6.07, 6.45) is 5.25. The highest BCUT2D eigenvalue weighted by Gasteiger charge is 1.99. The van der Waals surface area contributed by atoms with E-state index in [0.29, 0.717) is 6.42 Å². The third-order valence-corrected chi connectivity index (χ3v) is 1.98. The number of aliphatic hydroxyl groups is 1. The number of hydrogen-bond donors (Lipinski definition) is 1. The molecule has 0 aliphatic heterocycles. The van der Waals surface area contributed by atoms with Crippen LogP contribution in [0.3, 0.4) is 0 Å². The number of ether oxygens (including phenoxy) is 1. The molecule has 0 fully saturated rings. The van der Waals surface area contributed by atoms with Gasteiger partial charge in [0.1, 0.15) is 0 Å². The van der Waals surface area contributed by atoms with E-state index in [2.05, 4.69) is 4.74 Å². The van der Waals surface area contributed by atoms with Crippen molar-refractivity contribution in [1.82, 2.24) is 0 Å². The van der Waals surface area contributed by atoms with Crippen LogP contribution in [0.25, 0.3) is 0 Å². The lowest BCUT2D eigenvalue weighted by Gasteiger charge is -2.03. The molecule has 0 heterocycles. The Balaban J connectivity index is 3.04. The molecule has 0 bridgehead atoms. The Labute approximate surface area is 80.1 Å². The number of methoxy groups -OCH3 is 1. The lowest BCUT2D eigenvalue weighted by Crippen LogP contribution is -2.00. The zero-order chi connectivity index (χ0) is 10.1. The minimum absolute atomic E-state index is 0.129. The molecule has 13 heavy (non-hydrogen) atoms. The maximum atomic E-state index is 10.7. The van der Waals surface area contributed by atoms with Crippen LogP contribution in [0.4, 0.5) is 0 Å².